The normalized spacial score (nSPS) is 15.9. The summed E-state index contributed by atoms with van der Waals surface area (Å²) in [5.74, 6) is 0. The van der Waals surface area contributed by atoms with E-state index in [0.29, 0.717) is 6.04 Å². The Morgan fingerprint density at radius 1 is 1.26 bits per heavy atom. The van der Waals surface area contributed by atoms with Gasteiger partial charge in [0.25, 0.3) is 0 Å². The summed E-state index contributed by atoms with van der Waals surface area (Å²) in [5, 5.41) is 15.5. The Bertz CT molecular complexity index is 854. The van der Waals surface area contributed by atoms with Crippen LogP contribution in [0.15, 0.2) is 30.5 Å². The van der Waals surface area contributed by atoms with Gasteiger partial charge in [0.2, 0.25) is 10.1 Å². The Morgan fingerprint density at radius 2 is 2.00 bits per heavy atom. The lowest BCUT2D eigenvalue weighted by atomic mass is 10.0. The molecule has 1 aromatic carbocycles. The second-order valence-corrected chi connectivity index (χ2v) is 8.39. The minimum atomic E-state index is 0.264. The summed E-state index contributed by atoms with van der Waals surface area (Å²) in [6.07, 6.45) is 5.07. The third-order valence-electron chi connectivity index (χ3n) is 5.20. The highest BCUT2D eigenvalue weighted by atomic mass is 35.5. The molecule has 0 atom stereocenters. The number of piperidine rings is 1. The molecule has 2 aromatic heterocycles. The lowest BCUT2D eigenvalue weighted by Gasteiger charge is -2.36. The topological polar surface area (TPSA) is 56.9 Å². The van der Waals surface area contributed by atoms with Crippen LogP contribution in [0.2, 0.25) is 5.02 Å². The number of nitrogens with zero attached hydrogens (tertiary/aromatic N) is 5. The molecule has 1 saturated heterocycles. The summed E-state index contributed by atoms with van der Waals surface area (Å²) in [6.45, 7) is 3.24. The number of fused-ring (bicyclic) bond motifs is 1. The fourth-order valence-electron chi connectivity index (χ4n) is 3.58. The first-order valence-electron chi connectivity index (χ1n) is 9.32. The monoisotopic (exact) mass is 405 g/mol. The van der Waals surface area contributed by atoms with Crippen LogP contribution in [0.1, 0.15) is 19.3 Å². The van der Waals surface area contributed by atoms with Crippen LogP contribution in [0.25, 0.3) is 16.2 Å². The summed E-state index contributed by atoms with van der Waals surface area (Å²) >= 11 is 7.60. The molecule has 0 radical (unpaired) electrons. The summed E-state index contributed by atoms with van der Waals surface area (Å²) in [6, 6.07) is 8.31. The zero-order chi connectivity index (χ0) is 18.8. The maximum Gasteiger partial charge on any atom is 0.214 e. The number of halogens is 1. The van der Waals surface area contributed by atoms with Gasteiger partial charge in [-0.1, -0.05) is 35.1 Å². The van der Waals surface area contributed by atoms with E-state index in [1.165, 1.54) is 0 Å². The first kappa shape index (κ1) is 18.7. The lowest BCUT2D eigenvalue weighted by Crippen LogP contribution is -2.43. The quantitative estimate of drug-likeness (QED) is 0.681. The van der Waals surface area contributed by atoms with Crippen LogP contribution >= 0.6 is 22.9 Å². The van der Waals surface area contributed by atoms with E-state index in [1.54, 1.807) is 11.3 Å². The van der Waals surface area contributed by atoms with Crippen molar-refractivity contribution in [3.8, 4) is 11.3 Å². The summed E-state index contributed by atoms with van der Waals surface area (Å²) in [7, 11) is 2.16. The number of anilines is 1. The van der Waals surface area contributed by atoms with Crippen LogP contribution in [-0.4, -0.2) is 63.9 Å². The molecule has 4 rings (SSSR count). The Kier molecular flexibility index (Phi) is 5.63. The molecule has 3 aromatic rings. The summed E-state index contributed by atoms with van der Waals surface area (Å²) < 4.78 is 1.88. The third kappa shape index (κ3) is 4.11. The van der Waals surface area contributed by atoms with Crippen molar-refractivity contribution in [2.45, 2.75) is 25.3 Å². The Morgan fingerprint density at radius 3 is 2.67 bits per heavy atom. The van der Waals surface area contributed by atoms with Crippen LogP contribution in [0.3, 0.4) is 0 Å². The van der Waals surface area contributed by atoms with Gasteiger partial charge in [0.1, 0.15) is 0 Å². The molecule has 1 N–H and O–H groups in total. The molecular formula is C19H24ClN5OS. The number of hydrogen-bond donors (Lipinski definition) is 1. The largest absolute Gasteiger partial charge is 0.396 e. The van der Waals surface area contributed by atoms with E-state index in [0.717, 1.165) is 65.3 Å². The minimum Gasteiger partial charge on any atom is -0.396 e. The first-order chi connectivity index (χ1) is 13.1. The Balaban J connectivity index is 1.42. The van der Waals surface area contributed by atoms with Gasteiger partial charge >= 0.3 is 0 Å². The minimum absolute atomic E-state index is 0.264. The number of aromatic nitrogens is 3. The van der Waals surface area contributed by atoms with Crippen molar-refractivity contribution in [1.29, 1.82) is 0 Å². The van der Waals surface area contributed by atoms with Crippen LogP contribution in [0.4, 0.5) is 5.13 Å². The molecule has 144 valence electrons. The number of rotatable bonds is 6. The molecule has 8 heteroatoms. The molecular weight excluding hydrogens is 382 g/mol. The van der Waals surface area contributed by atoms with Crippen molar-refractivity contribution in [2.24, 2.45) is 0 Å². The van der Waals surface area contributed by atoms with Gasteiger partial charge in [-0.3, -0.25) is 0 Å². The van der Waals surface area contributed by atoms with Gasteiger partial charge in [0, 0.05) is 42.9 Å². The van der Waals surface area contributed by atoms with E-state index < -0.39 is 0 Å². The van der Waals surface area contributed by atoms with E-state index in [-0.39, 0.29) is 6.61 Å². The standard InChI is InChI=1S/C19H24ClN5OS/c1-23(9-2-12-26)16-7-10-24(11-8-16)19-22-25-13-17(21-18(25)27-19)14-3-5-15(20)6-4-14/h3-6,13,16,26H,2,7-12H2,1H3. The van der Waals surface area contributed by atoms with Gasteiger partial charge in [-0.2, -0.15) is 0 Å². The number of hydrogen-bond acceptors (Lipinski definition) is 6. The van der Waals surface area contributed by atoms with Gasteiger partial charge in [0.05, 0.1) is 11.9 Å². The zero-order valence-corrected chi connectivity index (χ0v) is 17.0. The highest BCUT2D eigenvalue weighted by Crippen LogP contribution is 2.29. The van der Waals surface area contributed by atoms with Gasteiger partial charge in [-0.05, 0) is 38.4 Å². The van der Waals surface area contributed by atoms with Gasteiger partial charge in [0.15, 0.2) is 0 Å². The van der Waals surface area contributed by atoms with Crippen LogP contribution in [-0.2, 0) is 0 Å². The number of imidazole rings is 1. The van der Waals surface area contributed by atoms with E-state index >= 15 is 0 Å². The highest BCUT2D eigenvalue weighted by Gasteiger charge is 2.24. The maximum absolute atomic E-state index is 9.00. The molecule has 0 spiro atoms. The van der Waals surface area contributed by atoms with Crippen molar-refractivity contribution in [2.75, 3.05) is 38.2 Å². The second-order valence-electron chi connectivity index (χ2n) is 7.02. The van der Waals surface area contributed by atoms with Gasteiger partial charge in [-0.25, -0.2) is 9.50 Å². The van der Waals surface area contributed by atoms with Crippen molar-refractivity contribution in [1.82, 2.24) is 19.5 Å². The fraction of sp³-hybridized carbons (Fsp3) is 0.474. The molecule has 0 saturated carbocycles. The predicted octanol–water partition coefficient (Wildman–Crippen LogP) is 3.39. The predicted molar refractivity (Wildman–Crippen MR) is 111 cm³/mol. The zero-order valence-electron chi connectivity index (χ0n) is 15.4. The highest BCUT2D eigenvalue weighted by molar-refractivity contribution is 7.20. The van der Waals surface area contributed by atoms with E-state index in [9.17, 15) is 0 Å². The van der Waals surface area contributed by atoms with Crippen molar-refractivity contribution in [3.05, 3.63) is 35.5 Å². The summed E-state index contributed by atoms with van der Waals surface area (Å²) in [5.41, 5.74) is 1.96. The Labute approximate surface area is 168 Å². The van der Waals surface area contributed by atoms with Crippen LogP contribution in [0.5, 0.6) is 0 Å². The molecule has 1 aliphatic heterocycles. The molecule has 3 heterocycles. The first-order valence-corrected chi connectivity index (χ1v) is 10.5. The van der Waals surface area contributed by atoms with Gasteiger partial charge < -0.3 is 14.9 Å². The Hall–Kier alpha value is -1.67. The smallest absolute Gasteiger partial charge is 0.214 e. The van der Waals surface area contributed by atoms with Crippen molar-refractivity contribution < 1.29 is 5.11 Å². The average molecular weight is 406 g/mol. The van der Waals surface area contributed by atoms with E-state index in [1.807, 2.05) is 35.0 Å². The molecule has 0 aliphatic carbocycles. The SMILES string of the molecule is CN(CCCO)C1CCN(c2nn3cc(-c4ccc(Cl)cc4)nc3s2)CC1. The number of aliphatic hydroxyl groups excluding tert-OH is 1. The van der Waals surface area contributed by atoms with Gasteiger partial charge in [-0.15, -0.1) is 5.10 Å². The van der Waals surface area contributed by atoms with Crippen molar-refractivity contribution >= 4 is 33.0 Å². The average Bonchev–Trinajstić information content (AvgIpc) is 3.26. The lowest BCUT2D eigenvalue weighted by molar-refractivity contribution is 0.184. The summed E-state index contributed by atoms with van der Waals surface area (Å²) in [4.78, 5) is 10.4. The molecule has 0 amide bonds. The molecule has 1 aliphatic rings. The number of benzene rings is 1. The van der Waals surface area contributed by atoms with Crippen LogP contribution in [0, 0.1) is 0 Å². The molecule has 0 unspecified atom stereocenters. The second kappa shape index (κ2) is 8.14. The molecule has 27 heavy (non-hydrogen) atoms. The molecule has 6 nitrogen and oxygen atoms in total. The number of aliphatic hydroxyl groups is 1. The maximum atomic E-state index is 9.00. The van der Waals surface area contributed by atoms with E-state index in [4.69, 9.17) is 26.8 Å². The third-order valence-corrected chi connectivity index (χ3v) is 6.44. The molecule has 0 bridgehead atoms. The van der Waals surface area contributed by atoms with Crippen LogP contribution < -0.4 is 4.90 Å². The fourth-order valence-corrected chi connectivity index (χ4v) is 4.64. The molecule has 1 fully saturated rings. The van der Waals surface area contributed by atoms with Crippen molar-refractivity contribution in [3.63, 3.8) is 0 Å². The van der Waals surface area contributed by atoms with E-state index in [2.05, 4.69) is 16.8 Å².